The van der Waals surface area contributed by atoms with Crippen LogP contribution in [-0.4, -0.2) is 16.7 Å². The second kappa shape index (κ2) is 9.79. The van der Waals surface area contributed by atoms with Crippen LogP contribution in [0.15, 0.2) is 48.5 Å². The molecule has 28 heavy (non-hydrogen) atoms. The van der Waals surface area contributed by atoms with Crippen LogP contribution in [0.25, 0.3) is 23.2 Å². The number of hydrogen-bond acceptors (Lipinski definition) is 2. The average Bonchev–Trinajstić information content (AvgIpc) is 3.09. The van der Waals surface area contributed by atoms with Crippen LogP contribution < -0.4 is 4.74 Å². The molecular formula is C24H29ClN2O. The number of aryl methyl sites for hydroxylation is 1. The van der Waals surface area contributed by atoms with Crippen LogP contribution in [0, 0.1) is 5.92 Å². The molecule has 1 aliphatic carbocycles. The predicted octanol–water partition coefficient (Wildman–Crippen LogP) is 6.61. The van der Waals surface area contributed by atoms with Gasteiger partial charge in [-0.25, -0.2) is 4.98 Å². The molecule has 1 aromatic heterocycles. The van der Waals surface area contributed by atoms with E-state index in [1.807, 2.05) is 12.1 Å². The second-order valence-electron chi connectivity index (χ2n) is 7.51. The highest BCUT2D eigenvalue weighted by Gasteiger charge is 2.15. The minimum Gasteiger partial charge on any atom is -0.497 e. The Hall–Kier alpha value is -2.26. The van der Waals surface area contributed by atoms with Gasteiger partial charge in [-0.15, -0.1) is 12.4 Å². The molecule has 0 atom stereocenters. The number of imidazole rings is 1. The molecule has 0 amide bonds. The Morgan fingerprint density at radius 1 is 1.00 bits per heavy atom. The molecule has 0 aliphatic heterocycles. The van der Waals surface area contributed by atoms with Gasteiger partial charge in [0, 0.05) is 6.54 Å². The van der Waals surface area contributed by atoms with Gasteiger partial charge < -0.3 is 9.30 Å². The summed E-state index contributed by atoms with van der Waals surface area (Å²) < 4.78 is 7.63. The van der Waals surface area contributed by atoms with E-state index < -0.39 is 0 Å². The molecule has 1 heterocycles. The molecule has 0 spiro atoms. The van der Waals surface area contributed by atoms with E-state index in [1.165, 1.54) is 44.0 Å². The highest BCUT2D eigenvalue weighted by atomic mass is 35.5. The number of hydrogen-bond donors (Lipinski definition) is 0. The molecule has 0 unspecified atom stereocenters. The molecule has 1 aliphatic rings. The van der Waals surface area contributed by atoms with Crippen LogP contribution >= 0.6 is 12.4 Å². The molecule has 4 rings (SSSR count). The fourth-order valence-electron chi connectivity index (χ4n) is 4.13. The van der Waals surface area contributed by atoms with Gasteiger partial charge in [0.1, 0.15) is 11.6 Å². The van der Waals surface area contributed by atoms with Crippen LogP contribution in [-0.2, 0) is 6.54 Å². The minimum absolute atomic E-state index is 0. The van der Waals surface area contributed by atoms with Gasteiger partial charge in [0.05, 0.1) is 18.1 Å². The third kappa shape index (κ3) is 4.77. The Kier molecular flexibility index (Phi) is 7.16. The van der Waals surface area contributed by atoms with Crippen molar-refractivity contribution in [3.8, 4) is 5.75 Å². The molecule has 0 bridgehead atoms. The SMILES string of the molecule is COc1ccc(/C=C/c2nc3ccccc3n2CCC2CCCCC2)cc1.Cl. The first-order valence-electron chi connectivity index (χ1n) is 10.1. The summed E-state index contributed by atoms with van der Waals surface area (Å²) >= 11 is 0. The number of fused-ring (bicyclic) bond motifs is 1. The van der Waals surface area contributed by atoms with Gasteiger partial charge >= 0.3 is 0 Å². The van der Waals surface area contributed by atoms with E-state index in [-0.39, 0.29) is 12.4 Å². The molecule has 1 fully saturated rings. The quantitative estimate of drug-likeness (QED) is 0.468. The molecule has 148 valence electrons. The maximum absolute atomic E-state index is 5.24. The van der Waals surface area contributed by atoms with E-state index in [9.17, 15) is 0 Å². The normalized spacial score (nSPS) is 15.0. The number of methoxy groups -OCH3 is 1. The molecular weight excluding hydrogens is 368 g/mol. The highest BCUT2D eigenvalue weighted by molar-refractivity contribution is 5.85. The number of para-hydroxylation sites is 2. The smallest absolute Gasteiger partial charge is 0.133 e. The van der Waals surface area contributed by atoms with Crippen molar-refractivity contribution in [3.05, 3.63) is 59.9 Å². The third-order valence-electron chi connectivity index (χ3n) is 5.71. The van der Waals surface area contributed by atoms with Crippen molar-refractivity contribution in [3.63, 3.8) is 0 Å². The van der Waals surface area contributed by atoms with E-state index in [1.54, 1.807) is 7.11 Å². The van der Waals surface area contributed by atoms with Crippen LogP contribution in [0.4, 0.5) is 0 Å². The summed E-state index contributed by atoms with van der Waals surface area (Å²) in [5.74, 6) is 2.80. The van der Waals surface area contributed by atoms with Gasteiger partial charge in [-0.1, -0.05) is 62.4 Å². The third-order valence-corrected chi connectivity index (χ3v) is 5.71. The summed E-state index contributed by atoms with van der Waals surface area (Å²) in [4.78, 5) is 4.88. The number of aromatic nitrogens is 2. The summed E-state index contributed by atoms with van der Waals surface area (Å²) in [7, 11) is 1.69. The maximum Gasteiger partial charge on any atom is 0.133 e. The second-order valence-corrected chi connectivity index (χ2v) is 7.51. The minimum atomic E-state index is 0. The van der Waals surface area contributed by atoms with Crippen molar-refractivity contribution in [2.75, 3.05) is 7.11 Å². The van der Waals surface area contributed by atoms with Gasteiger partial charge in [0.2, 0.25) is 0 Å². The molecule has 1 saturated carbocycles. The zero-order valence-electron chi connectivity index (χ0n) is 16.5. The van der Waals surface area contributed by atoms with Crippen molar-refractivity contribution < 1.29 is 4.74 Å². The average molecular weight is 397 g/mol. The summed E-state index contributed by atoms with van der Waals surface area (Å²) in [5, 5.41) is 0. The molecule has 4 heteroatoms. The van der Waals surface area contributed by atoms with E-state index in [4.69, 9.17) is 9.72 Å². The lowest BCUT2D eigenvalue weighted by Crippen LogP contribution is -2.11. The maximum atomic E-state index is 5.24. The largest absolute Gasteiger partial charge is 0.497 e. The number of benzene rings is 2. The Balaban J connectivity index is 0.00000225. The molecule has 0 saturated heterocycles. The van der Waals surface area contributed by atoms with Crippen LogP contribution in [0.2, 0.25) is 0 Å². The number of ether oxygens (including phenoxy) is 1. The molecule has 2 aromatic carbocycles. The molecule has 0 radical (unpaired) electrons. The Bertz CT molecular complexity index is 908. The van der Waals surface area contributed by atoms with E-state index >= 15 is 0 Å². The first kappa shape index (κ1) is 20.5. The fraction of sp³-hybridized carbons (Fsp3) is 0.375. The summed E-state index contributed by atoms with van der Waals surface area (Å²) in [6.45, 7) is 1.05. The Morgan fingerprint density at radius 2 is 1.75 bits per heavy atom. The Morgan fingerprint density at radius 3 is 2.50 bits per heavy atom. The van der Waals surface area contributed by atoms with Gasteiger partial charge in [0.15, 0.2) is 0 Å². The van der Waals surface area contributed by atoms with Crippen molar-refractivity contribution in [1.29, 1.82) is 0 Å². The first-order valence-corrected chi connectivity index (χ1v) is 10.1. The lowest BCUT2D eigenvalue weighted by molar-refractivity contribution is 0.325. The summed E-state index contributed by atoms with van der Waals surface area (Å²) in [5.41, 5.74) is 3.47. The summed E-state index contributed by atoms with van der Waals surface area (Å²) in [6.07, 6.45) is 12.5. The lowest BCUT2D eigenvalue weighted by Gasteiger charge is -2.22. The van der Waals surface area contributed by atoms with E-state index in [2.05, 4.69) is 53.1 Å². The van der Waals surface area contributed by atoms with Crippen molar-refractivity contribution in [1.82, 2.24) is 9.55 Å². The van der Waals surface area contributed by atoms with Gasteiger partial charge in [0.25, 0.3) is 0 Å². The number of halogens is 1. The van der Waals surface area contributed by atoms with Gasteiger partial charge in [-0.2, -0.15) is 0 Å². The molecule has 3 aromatic rings. The summed E-state index contributed by atoms with van der Waals surface area (Å²) in [6, 6.07) is 16.6. The Labute approximate surface area is 173 Å². The van der Waals surface area contributed by atoms with Crippen LogP contribution in [0.3, 0.4) is 0 Å². The predicted molar refractivity (Wildman–Crippen MR) is 120 cm³/mol. The molecule has 0 N–H and O–H groups in total. The van der Waals surface area contributed by atoms with Crippen LogP contribution in [0.1, 0.15) is 49.9 Å². The van der Waals surface area contributed by atoms with Gasteiger partial charge in [-0.05, 0) is 48.2 Å². The zero-order valence-corrected chi connectivity index (χ0v) is 17.3. The van der Waals surface area contributed by atoms with E-state index in [0.717, 1.165) is 35.1 Å². The zero-order chi connectivity index (χ0) is 18.5. The topological polar surface area (TPSA) is 27.1 Å². The first-order chi connectivity index (χ1) is 13.3. The fourth-order valence-corrected chi connectivity index (χ4v) is 4.13. The number of rotatable bonds is 6. The van der Waals surface area contributed by atoms with Crippen molar-refractivity contribution in [2.45, 2.75) is 45.1 Å². The van der Waals surface area contributed by atoms with Crippen molar-refractivity contribution >= 4 is 35.6 Å². The van der Waals surface area contributed by atoms with Gasteiger partial charge in [-0.3, -0.25) is 0 Å². The monoisotopic (exact) mass is 396 g/mol. The lowest BCUT2D eigenvalue weighted by atomic mass is 9.87. The molecule has 3 nitrogen and oxygen atoms in total. The van der Waals surface area contributed by atoms with Crippen molar-refractivity contribution in [2.24, 2.45) is 5.92 Å². The van der Waals surface area contributed by atoms with Crippen LogP contribution in [0.5, 0.6) is 5.75 Å². The number of nitrogens with zero attached hydrogens (tertiary/aromatic N) is 2. The highest BCUT2D eigenvalue weighted by Crippen LogP contribution is 2.28. The standard InChI is InChI=1S/C24H28N2O.ClH/c1-27-21-14-11-20(12-15-21)13-16-24-25-22-9-5-6-10-23(22)26(24)18-17-19-7-3-2-4-8-19;/h5-6,9-16,19H,2-4,7-8,17-18H2,1H3;1H/b16-13+;. The van der Waals surface area contributed by atoms with E-state index in [0.29, 0.717) is 0 Å².